The van der Waals surface area contributed by atoms with Crippen molar-refractivity contribution in [3.05, 3.63) is 48.3 Å². The minimum absolute atomic E-state index is 0.0406. The van der Waals surface area contributed by atoms with Gasteiger partial charge in [-0.25, -0.2) is 0 Å². The lowest BCUT2D eigenvalue weighted by atomic mass is 10.0. The maximum Gasteiger partial charge on any atom is 0.277 e. The first kappa shape index (κ1) is 19.9. The Balaban J connectivity index is 1.24. The Morgan fingerprint density at radius 3 is 2.90 bits per heavy atom. The van der Waals surface area contributed by atoms with Crippen LogP contribution in [-0.4, -0.2) is 51.5 Å². The molecule has 160 valence electrons. The summed E-state index contributed by atoms with van der Waals surface area (Å²) in [6, 6.07) is 9.70. The van der Waals surface area contributed by atoms with E-state index in [0.717, 1.165) is 48.4 Å². The van der Waals surface area contributed by atoms with E-state index in [0.29, 0.717) is 24.3 Å². The van der Waals surface area contributed by atoms with E-state index in [2.05, 4.69) is 15.2 Å². The summed E-state index contributed by atoms with van der Waals surface area (Å²) >= 11 is 1.26. The maximum absolute atomic E-state index is 13.0. The number of nitrogens with zero attached hydrogens (tertiary/aromatic N) is 4. The molecule has 2 aliphatic heterocycles. The van der Waals surface area contributed by atoms with E-state index in [1.807, 2.05) is 35.2 Å². The Hall–Kier alpha value is -3.07. The second-order valence-electron chi connectivity index (χ2n) is 7.41. The first-order valence-corrected chi connectivity index (χ1v) is 11.3. The lowest BCUT2D eigenvalue weighted by Gasteiger charge is -2.25. The molecule has 5 rings (SSSR count). The number of thioether (sulfide) groups is 1. The smallest absolute Gasteiger partial charge is 0.277 e. The van der Waals surface area contributed by atoms with E-state index in [4.69, 9.17) is 13.9 Å². The van der Waals surface area contributed by atoms with Crippen molar-refractivity contribution in [2.45, 2.75) is 30.5 Å². The van der Waals surface area contributed by atoms with E-state index in [1.165, 1.54) is 11.8 Å². The molecule has 4 heterocycles. The van der Waals surface area contributed by atoms with Gasteiger partial charge in [0.1, 0.15) is 0 Å². The SMILES string of the molecule is O=C(CSc1nnc(-c2cccnc2)o1)N1CCC[C@H]1c1ccc2c(c1)OCCCO2. The number of hydrogen-bond donors (Lipinski definition) is 0. The highest BCUT2D eigenvalue weighted by atomic mass is 32.2. The van der Waals surface area contributed by atoms with Crippen LogP contribution in [0.25, 0.3) is 11.5 Å². The number of amides is 1. The second kappa shape index (κ2) is 8.97. The summed E-state index contributed by atoms with van der Waals surface area (Å²) in [5.41, 5.74) is 1.83. The van der Waals surface area contributed by atoms with Gasteiger partial charge in [0.25, 0.3) is 5.22 Å². The van der Waals surface area contributed by atoms with Gasteiger partial charge < -0.3 is 18.8 Å². The van der Waals surface area contributed by atoms with E-state index in [1.54, 1.807) is 12.4 Å². The third kappa shape index (κ3) is 4.36. The normalized spacial score (nSPS) is 18.1. The molecule has 0 spiro atoms. The van der Waals surface area contributed by atoms with Crippen LogP contribution >= 0.6 is 11.8 Å². The summed E-state index contributed by atoms with van der Waals surface area (Å²) in [5.74, 6) is 2.23. The highest BCUT2D eigenvalue weighted by molar-refractivity contribution is 7.99. The van der Waals surface area contributed by atoms with Gasteiger partial charge in [0.2, 0.25) is 11.8 Å². The minimum atomic E-state index is 0.0406. The topological polar surface area (TPSA) is 90.6 Å². The van der Waals surface area contributed by atoms with Gasteiger partial charge in [-0.3, -0.25) is 9.78 Å². The predicted octanol–water partition coefficient (Wildman–Crippen LogP) is 3.75. The number of benzene rings is 1. The number of pyridine rings is 1. The lowest BCUT2D eigenvalue weighted by Crippen LogP contribution is -2.32. The zero-order chi connectivity index (χ0) is 21.0. The van der Waals surface area contributed by atoms with Crippen LogP contribution in [0.1, 0.15) is 30.9 Å². The monoisotopic (exact) mass is 438 g/mol. The summed E-state index contributed by atoms with van der Waals surface area (Å²) in [5, 5.41) is 8.46. The van der Waals surface area contributed by atoms with E-state index < -0.39 is 0 Å². The van der Waals surface area contributed by atoms with Crippen LogP contribution in [0.15, 0.2) is 52.4 Å². The van der Waals surface area contributed by atoms with Crippen molar-refractivity contribution in [2.75, 3.05) is 25.5 Å². The first-order valence-electron chi connectivity index (χ1n) is 10.3. The van der Waals surface area contributed by atoms with Gasteiger partial charge >= 0.3 is 0 Å². The standard InChI is InChI=1S/C22H22N4O4S/c27-20(14-31-22-25-24-21(30-22)16-4-1-8-23-13-16)26-9-2-5-17(26)15-6-7-18-19(12-15)29-11-3-10-28-18/h1,4,6-8,12-13,17H,2-3,5,9-11,14H2/t17-/m0/s1. The average Bonchev–Trinajstić information content (AvgIpc) is 3.43. The average molecular weight is 439 g/mol. The van der Waals surface area contributed by atoms with Crippen molar-refractivity contribution in [2.24, 2.45) is 0 Å². The Kier molecular flexibility index (Phi) is 5.75. The van der Waals surface area contributed by atoms with Crippen molar-refractivity contribution in [1.82, 2.24) is 20.1 Å². The van der Waals surface area contributed by atoms with Gasteiger partial charge in [-0.15, -0.1) is 10.2 Å². The fourth-order valence-corrected chi connectivity index (χ4v) is 4.53. The molecule has 3 aromatic rings. The van der Waals surface area contributed by atoms with Gasteiger partial charge in [-0.2, -0.15) is 0 Å². The molecule has 0 radical (unpaired) electrons. The van der Waals surface area contributed by atoms with Gasteiger partial charge in [0.05, 0.1) is 30.6 Å². The van der Waals surface area contributed by atoms with Gasteiger partial charge in [-0.1, -0.05) is 17.8 Å². The van der Waals surface area contributed by atoms with Crippen molar-refractivity contribution in [3.63, 3.8) is 0 Å². The molecule has 8 nitrogen and oxygen atoms in total. The van der Waals surface area contributed by atoms with Crippen LogP contribution in [-0.2, 0) is 4.79 Å². The summed E-state index contributed by atoms with van der Waals surface area (Å²) in [7, 11) is 0. The largest absolute Gasteiger partial charge is 0.490 e. The number of likely N-dealkylation sites (tertiary alicyclic amines) is 1. The Labute approximate surface area is 184 Å². The number of fused-ring (bicyclic) bond motifs is 1. The minimum Gasteiger partial charge on any atom is -0.490 e. The number of carbonyl (C=O) groups is 1. The van der Waals surface area contributed by atoms with Crippen molar-refractivity contribution in [1.29, 1.82) is 0 Å². The van der Waals surface area contributed by atoms with Crippen LogP contribution in [0.5, 0.6) is 11.5 Å². The van der Waals surface area contributed by atoms with Crippen LogP contribution in [0.2, 0.25) is 0 Å². The van der Waals surface area contributed by atoms with Crippen LogP contribution in [0, 0.1) is 0 Å². The zero-order valence-electron chi connectivity index (χ0n) is 16.9. The molecule has 31 heavy (non-hydrogen) atoms. The Morgan fingerprint density at radius 2 is 2.03 bits per heavy atom. The Bertz CT molecular complexity index is 1060. The molecule has 0 N–H and O–H groups in total. The fourth-order valence-electron chi connectivity index (χ4n) is 3.88. The molecular weight excluding hydrogens is 416 g/mol. The molecule has 1 atom stereocenters. The van der Waals surface area contributed by atoms with E-state index in [-0.39, 0.29) is 17.7 Å². The molecule has 2 aliphatic rings. The molecule has 9 heteroatoms. The second-order valence-corrected chi connectivity index (χ2v) is 8.33. The summed E-state index contributed by atoms with van der Waals surface area (Å²) in [4.78, 5) is 19.0. The number of hydrogen-bond acceptors (Lipinski definition) is 8. The summed E-state index contributed by atoms with van der Waals surface area (Å²) < 4.78 is 17.2. The zero-order valence-corrected chi connectivity index (χ0v) is 17.7. The first-order chi connectivity index (χ1) is 15.3. The van der Waals surface area contributed by atoms with Crippen molar-refractivity contribution in [3.8, 4) is 23.0 Å². The molecule has 0 unspecified atom stereocenters. The molecule has 1 amide bonds. The number of carbonyl (C=O) groups excluding carboxylic acids is 1. The molecule has 0 saturated carbocycles. The molecule has 0 aliphatic carbocycles. The number of rotatable bonds is 5. The van der Waals surface area contributed by atoms with E-state index >= 15 is 0 Å². The predicted molar refractivity (Wildman–Crippen MR) is 114 cm³/mol. The van der Waals surface area contributed by atoms with Gasteiger partial charge in [-0.05, 0) is 42.7 Å². The highest BCUT2D eigenvalue weighted by Gasteiger charge is 2.31. The molecule has 1 saturated heterocycles. The van der Waals surface area contributed by atoms with Gasteiger partial charge in [0.15, 0.2) is 11.5 Å². The molecule has 2 aromatic heterocycles. The number of ether oxygens (including phenoxy) is 2. The van der Waals surface area contributed by atoms with Crippen LogP contribution in [0.4, 0.5) is 0 Å². The lowest BCUT2D eigenvalue weighted by molar-refractivity contribution is -0.129. The third-order valence-corrected chi connectivity index (χ3v) is 6.17. The van der Waals surface area contributed by atoms with Crippen molar-refractivity contribution < 1.29 is 18.7 Å². The van der Waals surface area contributed by atoms with Crippen LogP contribution < -0.4 is 9.47 Å². The quantitative estimate of drug-likeness (QED) is 0.557. The molecule has 1 fully saturated rings. The maximum atomic E-state index is 13.0. The van der Waals surface area contributed by atoms with E-state index in [9.17, 15) is 4.79 Å². The number of aromatic nitrogens is 3. The van der Waals surface area contributed by atoms with Gasteiger partial charge in [0, 0.05) is 25.4 Å². The third-order valence-electron chi connectivity index (χ3n) is 5.36. The fraction of sp³-hybridized carbons (Fsp3) is 0.364. The Morgan fingerprint density at radius 1 is 1.13 bits per heavy atom. The molecular formula is C22H22N4O4S. The molecule has 0 bridgehead atoms. The van der Waals surface area contributed by atoms with Crippen LogP contribution in [0.3, 0.4) is 0 Å². The summed E-state index contributed by atoms with van der Waals surface area (Å²) in [6.07, 6.45) is 6.12. The molecule has 1 aromatic carbocycles. The van der Waals surface area contributed by atoms with Crippen molar-refractivity contribution >= 4 is 17.7 Å². The summed E-state index contributed by atoms with van der Waals surface area (Å²) in [6.45, 7) is 2.05. The highest BCUT2D eigenvalue weighted by Crippen LogP contribution is 2.38.